The van der Waals surface area contributed by atoms with E-state index in [4.69, 9.17) is 5.26 Å². The summed E-state index contributed by atoms with van der Waals surface area (Å²) in [6.45, 7) is 5.04. The molecule has 0 heterocycles. The van der Waals surface area contributed by atoms with Gasteiger partial charge in [0.25, 0.3) is 0 Å². The van der Waals surface area contributed by atoms with Crippen molar-refractivity contribution in [2.75, 3.05) is 0 Å². The monoisotopic (exact) mass is 210 g/mol. The smallest absolute Gasteiger partial charge is 0.0991 e. The van der Waals surface area contributed by atoms with Gasteiger partial charge in [0.05, 0.1) is 11.6 Å². The van der Waals surface area contributed by atoms with Gasteiger partial charge in [-0.1, -0.05) is 26.0 Å². The molecular formula is C11H15ClN2. The molecule has 0 aliphatic heterocycles. The average Bonchev–Trinajstić information content (AvgIpc) is 2.15. The van der Waals surface area contributed by atoms with E-state index in [2.05, 4.69) is 25.2 Å². The van der Waals surface area contributed by atoms with Crippen molar-refractivity contribution in [1.29, 1.82) is 5.26 Å². The fourth-order valence-corrected chi connectivity index (χ4v) is 1.07. The molecule has 0 saturated carbocycles. The summed E-state index contributed by atoms with van der Waals surface area (Å²) in [4.78, 5) is 0. The summed E-state index contributed by atoms with van der Waals surface area (Å²) in [5.41, 5.74) is 1.89. The second-order valence-electron chi connectivity index (χ2n) is 3.35. The van der Waals surface area contributed by atoms with Gasteiger partial charge in [-0.15, -0.1) is 12.4 Å². The van der Waals surface area contributed by atoms with Crippen molar-refractivity contribution in [3.8, 4) is 6.07 Å². The zero-order valence-corrected chi connectivity index (χ0v) is 9.27. The molecule has 0 aromatic heterocycles. The predicted molar refractivity (Wildman–Crippen MR) is 60.4 cm³/mol. The Balaban J connectivity index is 0.00000169. The van der Waals surface area contributed by atoms with Crippen LogP contribution in [0.4, 0.5) is 0 Å². The molecule has 1 rings (SSSR count). The van der Waals surface area contributed by atoms with Gasteiger partial charge in [0, 0.05) is 12.6 Å². The molecule has 0 amide bonds. The van der Waals surface area contributed by atoms with Gasteiger partial charge >= 0.3 is 0 Å². The standard InChI is InChI=1S/C11H14N2.ClH/c1-9(2)13-8-11-5-3-4-10(6-11)7-12;/h3-6,9,13H,8H2,1-2H3;1H. The molecule has 0 radical (unpaired) electrons. The van der Waals surface area contributed by atoms with Crippen molar-refractivity contribution in [2.45, 2.75) is 26.4 Å². The van der Waals surface area contributed by atoms with E-state index in [-0.39, 0.29) is 12.4 Å². The van der Waals surface area contributed by atoms with Gasteiger partial charge in [0.2, 0.25) is 0 Å². The molecule has 2 nitrogen and oxygen atoms in total. The first-order valence-corrected chi connectivity index (χ1v) is 4.45. The van der Waals surface area contributed by atoms with Crippen LogP contribution in [0.2, 0.25) is 0 Å². The molecule has 1 aromatic carbocycles. The third-order valence-electron chi connectivity index (χ3n) is 1.77. The Morgan fingerprint density at radius 2 is 2.14 bits per heavy atom. The molecule has 0 bridgehead atoms. The first kappa shape index (κ1) is 13.0. The van der Waals surface area contributed by atoms with Crippen molar-refractivity contribution in [3.05, 3.63) is 35.4 Å². The van der Waals surface area contributed by atoms with Gasteiger partial charge in [-0.05, 0) is 17.7 Å². The first-order chi connectivity index (χ1) is 6.22. The van der Waals surface area contributed by atoms with E-state index in [1.54, 1.807) is 0 Å². The Labute approximate surface area is 91.4 Å². The van der Waals surface area contributed by atoms with Gasteiger partial charge in [-0.2, -0.15) is 5.26 Å². The Hall–Kier alpha value is -1.04. The normalized spacial score (nSPS) is 9.29. The zero-order valence-electron chi connectivity index (χ0n) is 8.45. The van der Waals surface area contributed by atoms with Crippen molar-refractivity contribution >= 4 is 12.4 Å². The van der Waals surface area contributed by atoms with Crippen LogP contribution in [0, 0.1) is 11.3 Å². The van der Waals surface area contributed by atoms with E-state index in [0.717, 1.165) is 17.7 Å². The molecule has 0 atom stereocenters. The summed E-state index contributed by atoms with van der Waals surface area (Å²) in [5, 5.41) is 12.0. The lowest BCUT2D eigenvalue weighted by molar-refractivity contribution is 0.589. The minimum atomic E-state index is 0. The molecule has 14 heavy (non-hydrogen) atoms. The lowest BCUT2D eigenvalue weighted by Gasteiger charge is -2.07. The van der Waals surface area contributed by atoms with E-state index in [0.29, 0.717) is 6.04 Å². The number of hydrogen-bond donors (Lipinski definition) is 1. The minimum Gasteiger partial charge on any atom is -0.310 e. The number of nitrogens with one attached hydrogen (secondary N) is 1. The Kier molecular flexibility index (Phi) is 5.94. The first-order valence-electron chi connectivity index (χ1n) is 4.45. The van der Waals surface area contributed by atoms with Crippen LogP contribution < -0.4 is 5.32 Å². The largest absolute Gasteiger partial charge is 0.310 e. The van der Waals surface area contributed by atoms with Crippen molar-refractivity contribution in [3.63, 3.8) is 0 Å². The molecule has 0 unspecified atom stereocenters. The van der Waals surface area contributed by atoms with Crippen LogP contribution in [0.15, 0.2) is 24.3 Å². The lowest BCUT2D eigenvalue weighted by atomic mass is 10.1. The number of benzene rings is 1. The predicted octanol–water partition coefficient (Wildman–Crippen LogP) is 2.48. The van der Waals surface area contributed by atoms with E-state index in [1.807, 2.05) is 24.3 Å². The van der Waals surface area contributed by atoms with Crippen LogP contribution in [-0.2, 0) is 6.54 Å². The Morgan fingerprint density at radius 1 is 1.43 bits per heavy atom. The fourth-order valence-electron chi connectivity index (χ4n) is 1.07. The second kappa shape index (κ2) is 6.42. The zero-order chi connectivity index (χ0) is 9.68. The van der Waals surface area contributed by atoms with Crippen LogP contribution >= 0.6 is 12.4 Å². The summed E-state index contributed by atoms with van der Waals surface area (Å²) in [6.07, 6.45) is 0. The van der Waals surface area contributed by atoms with E-state index in [9.17, 15) is 0 Å². The van der Waals surface area contributed by atoms with Crippen LogP contribution in [0.3, 0.4) is 0 Å². The topological polar surface area (TPSA) is 35.8 Å². The second-order valence-corrected chi connectivity index (χ2v) is 3.35. The molecule has 3 heteroatoms. The molecular weight excluding hydrogens is 196 g/mol. The van der Waals surface area contributed by atoms with Gasteiger partial charge in [0.15, 0.2) is 0 Å². The SMILES string of the molecule is CC(C)NCc1cccc(C#N)c1.Cl. The van der Waals surface area contributed by atoms with E-state index >= 15 is 0 Å². The molecule has 0 fully saturated rings. The van der Waals surface area contributed by atoms with Crippen molar-refractivity contribution < 1.29 is 0 Å². The lowest BCUT2D eigenvalue weighted by Crippen LogP contribution is -2.21. The number of nitrogens with zero attached hydrogens (tertiary/aromatic N) is 1. The van der Waals surface area contributed by atoms with Crippen LogP contribution in [0.5, 0.6) is 0 Å². The summed E-state index contributed by atoms with van der Waals surface area (Å²) in [5.74, 6) is 0. The number of nitriles is 1. The molecule has 0 aliphatic carbocycles. The summed E-state index contributed by atoms with van der Waals surface area (Å²) in [6, 6.07) is 10.3. The van der Waals surface area contributed by atoms with Crippen molar-refractivity contribution in [2.24, 2.45) is 0 Å². The van der Waals surface area contributed by atoms with Crippen LogP contribution in [-0.4, -0.2) is 6.04 Å². The van der Waals surface area contributed by atoms with Gasteiger partial charge in [0.1, 0.15) is 0 Å². The highest BCUT2D eigenvalue weighted by Gasteiger charge is 1.96. The van der Waals surface area contributed by atoms with Gasteiger partial charge in [-0.25, -0.2) is 0 Å². The Bertz CT molecular complexity index is 315. The highest BCUT2D eigenvalue weighted by Crippen LogP contribution is 2.03. The average molecular weight is 211 g/mol. The fraction of sp³-hybridized carbons (Fsp3) is 0.364. The molecule has 0 aliphatic rings. The molecule has 76 valence electrons. The molecule has 1 aromatic rings. The summed E-state index contributed by atoms with van der Waals surface area (Å²) >= 11 is 0. The molecule has 1 N–H and O–H groups in total. The maximum absolute atomic E-state index is 8.67. The third-order valence-corrected chi connectivity index (χ3v) is 1.77. The van der Waals surface area contributed by atoms with Crippen LogP contribution in [0.1, 0.15) is 25.0 Å². The Morgan fingerprint density at radius 3 is 2.71 bits per heavy atom. The van der Waals surface area contributed by atoms with Gasteiger partial charge in [-0.3, -0.25) is 0 Å². The van der Waals surface area contributed by atoms with Crippen LogP contribution in [0.25, 0.3) is 0 Å². The maximum atomic E-state index is 8.67. The van der Waals surface area contributed by atoms with Gasteiger partial charge < -0.3 is 5.32 Å². The number of rotatable bonds is 3. The van der Waals surface area contributed by atoms with E-state index in [1.165, 1.54) is 0 Å². The highest BCUT2D eigenvalue weighted by atomic mass is 35.5. The maximum Gasteiger partial charge on any atom is 0.0991 e. The summed E-state index contributed by atoms with van der Waals surface area (Å²) in [7, 11) is 0. The molecule has 0 saturated heterocycles. The summed E-state index contributed by atoms with van der Waals surface area (Å²) < 4.78 is 0. The van der Waals surface area contributed by atoms with Crippen molar-refractivity contribution in [1.82, 2.24) is 5.32 Å². The quantitative estimate of drug-likeness (QED) is 0.832. The minimum absolute atomic E-state index is 0. The number of halogens is 1. The number of hydrogen-bond acceptors (Lipinski definition) is 2. The third kappa shape index (κ3) is 4.27. The highest BCUT2D eigenvalue weighted by molar-refractivity contribution is 5.85. The van der Waals surface area contributed by atoms with E-state index < -0.39 is 0 Å². The molecule has 0 spiro atoms.